The number of aromatic nitrogens is 4. The van der Waals surface area contributed by atoms with Gasteiger partial charge in [0.2, 0.25) is 17.8 Å². The number of nitrogens with zero attached hydrogens (tertiary/aromatic N) is 7. The molecule has 0 aromatic carbocycles. The molecule has 2 aliphatic heterocycles. The molecule has 2 aliphatic rings. The number of urea groups is 1. The van der Waals surface area contributed by atoms with Crippen molar-refractivity contribution >= 4 is 40.5 Å². The van der Waals surface area contributed by atoms with Crippen molar-refractivity contribution in [2.75, 3.05) is 44.1 Å². The number of methoxy groups -OCH3 is 1. The Bertz CT molecular complexity index is 1350. The Kier molecular flexibility index (Phi) is 6.66. The van der Waals surface area contributed by atoms with Crippen molar-refractivity contribution in [1.82, 2.24) is 29.7 Å². The van der Waals surface area contributed by atoms with Crippen LogP contribution < -0.4 is 10.2 Å². The maximum Gasteiger partial charge on any atom is 0.324 e. The van der Waals surface area contributed by atoms with E-state index >= 15 is 0 Å². The van der Waals surface area contributed by atoms with Crippen LogP contribution in [-0.4, -0.2) is 87.5 Å². The van der Waals surface area contributed by atoms with Gasteiger partial charge in [0.1, 0.15) is 12.1 Å². The minimum atomic E-state index is -0.252. The van der Waals surface area contributed by atoms with E-state index in [0.29, 0.717) is 54.8 Å². The first kappa shape index (κ1) is 24.5. The van der Waals surface area contributed by atoms with Gasteiger partial charge < -0.3 is 14.5 Å². The largest absolute Gasteiger partial charge is 0.375 e. The Hall–Kier alpha value is -4.19. The van der Waals surface area contributed by atoms with Crippen molar-refractivity contribution in [3.8, 4) is 11.3 Å². The summed E-state index contributed by atoms with van der Waals surface area (Å²) in [4.78, 5) is 60.2. The third-order valence-electron chi connectivity index (χ3n) is 6.63. The summed E-state index contributed by atoms with van der Waals surface area (Å²) in [7, 11) is 3.28. The Morgan fingerprint density at radius 1 is 1.11 bits per heavy atom. The van der Waals surface area contributed by atoms with Gasteiger partial charge >= 0.3 is 6.03 Å². The van der Waals surface area contributed by atoms with Crippen LogP contribution in [0.25, 0.3) is 22.3 Å². The Labute approximate surface area is 213 Å². The highest BCUT2D eigenvalue weighted by Gasteiger charge is 2.37. The summed E-state index contributed by atoms with van der Waals surface area (Å²) in [5, 5.41) is 2.55. The van der Waals surface area contributed by atoms with Crippen molar-refractivity contribution in [3.63, 3.8) is 0 Å². The number of hydrogen-bond acceptors (Lipinski definition) is 8. The molecule has 0 bridgehead atoms. The van der Waals surface area contributed by atoms with Gasteiger partial charge in [0.25, 0.3) is 0 Å². The van der Waals surface area contributed by atoms with Crippen molar-refractivity contribution in [3.05, 3.63) is 36.3 Å². The highest BCUT2D eigenvalue weighted by atomic mass is 16.5. The van der Waals surface area contributed by atoms with Gasteiger partial charge in [0.05, 0.1) is 23.4 Å². The molecule has 0 spiro atoms. The predicted molar refractivity (Wildman–Crippen MR) is 136 cm³/mol. The van der Waals surface area contributed by atoms with Crippen molar-refractivity contribution in [2.24, 2.45) is 0 Å². The summed E-state index contributed by atoms with van der Waals surface area (Å²) in [6, 6.07) is 3.51. The molecule has 0 atom stereocenters. The van der Waals surface area contributed by atoms with Crippen LogP contribution in [0, 0.1) is 0 Å². The summed E-state index contributed by atoms with van der Waals surface area (Å²) >= 11 is 0. The molecule has 3 aromatic rings. The lowest BCUT2D eigenvalue weighted by Crippen LogP contribution is -2.54. The minimum Gasteiger partial charge on any atom is -0.375 e. The van der Waals surface area contributed by atoms with Crippen LogP contribution in [0.4, 0.5) is 16.4 Å². The molecule has 12 nitrogen and oxygen atoms in total. The van der Waals surface area contributed by atoms with Crippen LogP contribution >= 0.6 is 0 Å². The SMILES string of the molecule is COCC(=O)N1CCC(N2C(=O)N(C)Cc3cnc4ccc(-c5cnc(NC(C)=O)nc5)nc4c32)CC1. The first-order chi connectivity index (χ1) is 17.9. The second kappa shape index (κ2) is 10.1. The van der Waals surface area contributed by atoms with E-state index in [-0.39, 0.29) is 36.4 Å². The lowest BCUT2D eigenvalue weighted by atomic mass is 9.99. The summed E-state index contributed by atoms with van der Waals surface area (Å²) in [6.45, 7) is 2.98. The number of ether oxygens (including phenoxy) is 1. The number of likely N-dealkylation sites (tertiary alicyclic amines) is 1. The van der Waals surface area contributed by atoms with E-state index in [1.54, 1.807) is 35.4 Å². The van der Waals surface area contributed by atoms with Crippen molar-refractivity contribution < 1.29 is 19.1 Å². The molecule has 1 saturated heterocycles. The van der Waals surface area contributed by atoms with Crippen molar-refractivity contribution in [1.29, 1.82) is 0 Å². The van der Waals surface area contributed by atoms with Crippen LogP contribution in [0.3, 0.4) is 0 Å². The molecule has 0 unspecified atom stereocenters. The van der Waals surface area contributed by atoms with Gasteiger partial charge in [-0.15, -0.1) is 0 Å². The van der Waals surface area contributed by atoms with Crippen LogP contribution in [0.1, 0.15) is 25.3 Å². The fourth-order valence-corrected chi connectivity index (χ4v) is 4.85. The van der Waals surface area contributed by atoms with E-state index in [1.165, 1.54) is 14.0 Å². The molecule has 5 heterocycles. The number of hydrogen-bond donors (Lipinski definition) is 1. The normalized spacial score (nSPS) is 16.2. The lowest BCUT2D eigenvalue weighted by molar-refractivity contribution is -0.136. The van der Waals surface area contributed by atoms with Crippen LogP contribution in [0.5, 0.6) is 0 Å². The summed E-state index contributed by atoms with van der Waals surface area (Å²) < 4.78 is 4.99. The second-order valence-electron chi connectivity index (χ2n) is 9.23. The fraction of sp³-hybridized carbons (Fsp3) is 0.400. The zero-order chi connectivity index (χ0) is 26.1. The molecular formula is C25H28N8O4. The maximum atomic E-state index is 13.5. The summed E-state index contributed by atoms with van der Waals surface area (Å²) in [6.07, 6.45) is 6.29. The zero-order valence-corrected chi connectivity index (χ0v) is 21.0. The number of nitrogens with one attached hydrogen (secondary N) is 1. The Morgan fingerprint density at radius 3 is 2.51 bits per heavy atom. The standard InChI is InChI=1S/C25H28N8O4/c1-15(34)29-24-27-10-16(11-28-24)19-4-5-20-22(30-19)23-17(12-26-20)13-31(2)25(36)33(23)18-6-8-32(9-7-18)21(35)14-37-3/h4-5,10-12,18H,6-9,13-14H2,1-3H3,(H,27,28,29,34). The quantitative estimate of drug-likeness (QED) is 0.558. The van der Waals surface area contributed by atoms with Gasteiger partial charge in [-0.1, -0.05) is 0 Å². The molecule has 3 aromatic heterocycles. The van der Waals surface area contributed by atoms with Crippen LogP contribution in [0.15, 0.2) is 30.7 Å². The number of anilines is 2. The molecule has 0 saturated carbocycles. The number of carbonyl (C=O) groups excluding carboxylic acids is 3. The zero-order valence-electron chi connectivity index (χ0n) is 21.0. The molecule has 37 heavy (non-hydrogen) atoms. The average Bonchev–Trinajstić information content (AvgIpc) is 2.89. The second-order valence-corrected chi connectivity index (χ2v) is 9.23. The van der Waals surface area contributed by atoms with Crippen molar-refractivity contribution in [2.45, 2.75) is 32.4 Å². The van der Waals surface area contributed by atoms with Gasteiger partial charge in [0.15, 0.2) is 0 Å². The third kappa shape index (κ3) is 4.79. The molecule has 0 radical (unpaired) electrons. The minimum absolute atomic E-state index is 0.0452. The van der Waals surface area contributed by atoms with Crippen LogP contribution in [-0.2, 0) is 20.9 Å². The highest BCUT2D eigenvalue weighted by Crippen LogP contribution is 2.37. The monoisotopic (exact) mass is 504 g/mol. The lowest BCUT2D eigenvalue weighted by Gasteiger charge is -2.43. The van der Waals surface area contributed by atoms with Gasteiger partial charge in [-0.3, -0.25) is 24.8 Å². The molecule has 1 N–H and O–H groups in total. The molecule has 0 aliphatic carbocycles. The van der Waals surface area contributed by atoms with Gasteiger partial charge in [-0.25, -0.2) is 19.7 Å². The number of fused-ring (bicyclic) bond motifs is 3. The molecule has 192 valence electrons. The Balaban J connectivity index is 1.51. The molecule has 4 amide bonds. The number of carbonyl (C=O) groups is 3. The van der Waals surface area contributed by atoms with E-state index < -0.39 is 0 Å². The molecule has 5 rings (SSSR count). The van der Waals surface area contributed by atoms with E-state index in [2.05, 4.69) is 20.3 Å². The van der Waals surface area contributed by atoms with E-state index in [9.17, 15) is 14.4 Å². The van der Waals surface area contributed by atoms with Crippen LogP contribution in [0.2, 0.25) is 0 Å². The van der Waals surface area contributed by atoms with Gasteiger partial charge in [0, 0.05) is 69.9 Å². The Morgan fingerprint density at radius 2 is 1.84 bits per heavy atom. The van der Waals surface area contributed by atoms with E-state index in [0.717, 1.165) is 11.3 Å². The maximum absolute atomic E-state index is 13.5. The van der Waals surface area contributed by atoms with E-state index in [1.807, 2.05) is 17.0 Å². The average molecular weight is 505 g/mol. The predicted octanol–water partition coefficient (Wildman–Crippen LogP) is 2.05. The number of rotatable bonds is 5. The molecule has 1 fully saturated rings. The number of piperidine rings is 1. The fourth-order valence-electron chi connectivity index (χ4n) is 4.85. The third-order valence-corrected chi connectivity index (χ3v) is 6.63. The van der Waals surface area contributed by atoms with Gasteiger partial charge in [-0.05, 0) is 25.0 Å². The summed E-state index contributed by atoms with van der Waals surface area (Å²) in [5.41, 5.74) is 4.27. The van der Waals surface area contributed by atoms with E-state index in [4.69, 9.17) is 9.72 Å². The first-order valence-electron chi connectivity index (χ1n) is 12.1. The van der Waals surface area contributed by atoms with Gasteiger partial charge in [-0.2, -0.15) is 0 Å². The number of amides is 4. The smallest absolute Gasteiger partial charge is 0.324 e. The highest BCUT2D eigenvalue weighted by molar-refractivity contribution is 6.04. The number of pyridine rings is 2. The molecular weight excluding hydrogens is 476 g/mol. The molecule has 12 heteroatoms. The summed E-state index contributed by atoms with van der Waals surface area (Å²) in [5.74, 6) is -0.0831. The topological polar surface area (TPSA) is 134 Å². The first-order valence-corrected chi connectivity index (χ1v) is 12.1.